The van der Waals surface area contributed by atoms with Crippen LogP contribution in [0.1, 0.15) is 15.9 Å². The highest BCUT2D eigenvalue weighted by Gasteiger charge is 2.17. The van der Waals surface area contributed by atoms with Crippen molar-refractivity contribution in [3.8, 4) is 11.4 Å². The predicted molar refractivity (Wildman–Crippen MR) is 128 cm³/mol. The number of aromatic nitrogens is 4. The third kappa shape index (κ3) is 6.06. The summed E-state index contributed by atoms with van der Waals surface area (Å²) < 4.78 is 1.90. The van der Waals surface area contributed by atoms with Crippen molar-refractivity contribution < 1.29 is 14.5 Å². The second kappa shape index (κ2) is 11.0. The number of nitrogens with one attached hydrogen (secondary N) is 2. The topological polar surface area (TPSA) is 145 Å². The lowest BCUT2D eigenvalue weighted by Gasteiger charge is -2.11. The Balaban J connectivity index is 1.40. The quantitative estimate of drug-likeness (QED) is 0.218. The number of carbonyl (C=O) groups is 2. The van der Waals surface area contributed by atoms with Crippen molar-refractivity contribution in [1.29, 1.82) is 0 Å². The van der Waals surface area contributed by atoms with E-state index in [4.69, 9.17) is 0 Å². The van der Waals surface area contributed by atoms with E-state index >= 15 is 0 Å². The number of nitro benzene ring substituents is 1. The summed E-state index contributed by atoms with van der Waals surface area (Å²) >= 11 is 1.17. The number of thioether (sulfide) groups is 1. The number of carbonyl (C=O) groups excluding carboxylic acids is 2. The van der Waals surface area contributed by atoms with Crippen LogP contribution in [0.15, 0.2) is 84.3 Å². The van der Waals surface area contributed by atoms with Gasteiger partial charge in [-0.15, -0.1) is 10.2 Å². The van der Waals surface area contributed by atoms with Gasteiger partial charge in [-0.1, -0.05) is 42.1 Å². The van der Waals surface area contributed by atoms with Gasteiger partial charge in [0, 0.05) is 35.7 Å². The fourth-order valence-electron chi connectivity index (χ4n) is 3.11. The van der Waals surface area contributed by atoms with E-state index in [2.05, 4.69) is 26.0 Å². The number of nitrogens with zero attached hydrogens (tertiary/aromatic N) is 5. The lowest BCUT2D eigenvalue weighted by atomic mass is 10.2. The van der Waals surface area contributed by atoms with Gasteiger partial charge >= 0.3 is 0 Å². The first-order valence-corrected chi connectivity index (χ1v) is 11.3. The first kappa shape index (κ1) is 23.6. The minimum Gasteiger partial charge on any atom is -0.297 e. The Kier molecular flexibility index (Phi) is 7.43. The van der Waals surface area contributed by atoms with Crippen LogP contribution in [0.5, 0.6) is 0 Å². The molecule has 11 nitrogen and oxygen atoms in total. The maximum absolute atomic E-state index is 12.3. The van der Waals surface area contributed by atoms with Gasteiger partial charge < -0.3 is 0 Å². The van der Waals surface area contributed by atoms with Crippen molar-refractivity contribution in [3.05, 3.63) is 100 Å². The van der Waals surface area contributed by atoms with Gasteiger partial charge in [-0.05, 0) is 29.8 Å². The molecular formula is C23H19N7O4S. The normalized spacial score (nSPS) is 10.5. The van der Waals surface area contributed by atoms with Gasteiger partial charge in [-0.25, -0.2) is 0 Å². The average molecular weight is 490 g/mol. The zero-order valence-corrected chi connectivity index (χ0v) is 19.0. The summed E-state index contributed by atoms with van der Waals surface area (Å²) in [5.41, 5.74) is 6.51. The Hall–Kier alpha value is -4.58. The highest BCUT2D eigenvalue weighted by molar-refractivity contribution is 7.99. The fourth-order valence-corrected chi connectivity index (χ4v) is 3.85. The van der Waals surface area contributed by atoms with Crippen molar-refractivity contribution in [3.63, 3.8) is 0 Å². The van der Waals surface area contributed by atoms with Gasteiger partial charge in [0.1, 0.15) is 0 Å². The van der Waals surface area contributed by atoms with Crippen LogP contribution in [0, 0.1) is 10.1 Å². The predicted octanol–water partition coefficient (Wildman–Crippen LogP) is 2.85. The number of rotatable bonds is 8. The molecule has 0 fully saturated rings. The Labute approximate surface area is 203 Å². The first-order chi connectivity index (χ1) is 17.0. The van der Waals surface area contributed by atoms with Crippen LogP contribution in [0.2, 0.25) is 0 Å². The molecule has 2 amide bonds. The highest BCUT2D eigenvalue weighted by atomic mass is 32.2. The molecule has 0 aliphatic heterocycles. The van der Waals surface area contributed by atoms with Crippen molar-refractivity contribution in [2.24, 2.45) is 0 Å². The van der Waals surface area contributed by atoms with Gasteiger partial charge in [0.25, 0.3) is 11.6 Å². The minimum absolute atomic E-state index is 0.0273. The summed E-state index contributed by atoms with van der Waals surface area (Å²) in [5.74, 6) is -0.455. The largest absolute Gasteiger partial charge is 0.297 e. The van der Waals surface area contributed by atoms with Crippen LogP contribution >= 0.6 is 11.8 Å². The van der Waals surface area contributed by atoms with Crippen molar-refractivity contribution in [1.82, 2.24) is 30.6 Å². The van der Waals surface area contributed by atoms with Gasteiger partial charge in [-0.3, -0.25) is 40.1 Å². The summed E-state index contributed by atoms with van der Waals surface area (Å²) in [6, 6.07) is 18.5. The molecule has 0 radical (unpaired) electrons. The Morgan fingerprint density at radius 3 is 2.43 bits per heavy atom. The van der Waals surface area contributed by atoms with Crippen LogP contribution in [0.3, 0.4) is 0 Å². The monoisotopic (exact) mass is 489 g/mol. The number of non-ortho nitro benzene ring substituents is 1. The molecule has 176 valence electrons. The maximum Gasteiger partial charge on any atom is 0.269 e. The second-order valence-electron chi connectivity index (χ2n) is 7.21. The molecule has 0 atom stereocenters. The number of amides is 2. The number of nitro groups is 1. The molecule has 12 heteroatoms. The molecule has 2 aromatic heterocycles. The number of benzene rings is 2. The van der Waals surface area contributed by atoms with E-state index in [0.717, 1.165) is 11.1 Å². The molecule has 35 heavy (non-hydrogen) atoms. The summed E-state index contributed by atoms with van der Waals surface area (Å²) in [4.78, 5) is 38.8. The molecular weight excluding hydrogens is 470 g/mol. The molecule has 0 aliphatic carbocycles. The molecule has 2 aromatic carbocycles. The molecule has 2 heterocycles. The molecule has 0 unspecified atom stereocenters. The van der Waals surface area contributed by atoms with E-state index in [1.54, 1.807) is 12.4 Å². The molecule has 0 spiro atoms. The Morgan fingerprint density at radius 1 is 0.971 bits per heavy atom. The number of hydrazine groups is 1. The van der Waals surface area contributed by atoms with Gasteiger partial charge in [0.05, 0.1) is 17.2 Å². The smallest absolute Gasteiger partial charge is 0.269 e. The van der Waals surface area contributed by atoms with Crippen molar-refractivity contribution >= 4 is 29.3 Å². The minimum atomic E-state index is -0.593. The van der Waals surface area contributed by atoms with Crippen LogP contribution < -0.4 is 10.9 Å². The third-order valence-corrected chi connectivity index (χ3v) is 5.77. The second-order valence-corrected chi connectivity index (χ2v) is 8.16. The van der Waals surface area contributed by atoms with Crippen LogP contribution in [0.4, 0.5) is 5.69 Å². The summed E-state index contributed by atoms with van der Waals surface area (Å²) in [5, 5.41) is 19.8. The summed E-state index contributed by atoms with van der Waals surface area (Å²) in [6.07, 6.45) is 3.37. The Morgan fingerprint density at radius 2 is 1.74 bits per heavy atom. The first-order valence-electron chi connectivity index (χ1n) is 10.4. The van der Waals surface area contributed by atoms with Crippen molar-refractivity contribution in [2.45, 2.75) is 11.7 Å². The van der Waals surface area contributed by atoms with E-state index in [1.165, 1.54) is 36.0 Å². The lowest BCUT2D eigenvalue weighted by Crippen LogP contribution is -2.42. The molecule has 0 aliphatic rings. The van der Waals surface area contributed by atoms with Crippen LogP contribution in [-0.4, -0.2) is 42.2 Å². The molecule has 0 saturated carbocycles. The summed E-state index contributed by atoms with van der Waals surface area (Å²) in [7, 11) is 0. The lowest BCUT2D eigenvalue weighted by molar-refractivity contribution is -0.384. The van der Waals surface area contributed by atoms with E-state index in [9.17, 15) is 19.7 Å². The van der Waals surface area contributed by atoms with Gasteiger partial charge in [0.15, 0.2) is 11.0 Å². The van der Waals surface area contributed by atoms with Gasteiger partial charge in [-0.2, -0.15) is 0 Å². The third-order valence-electron chi connectivity index (χ3n) is 4.81. The van der Waals surface area contributed by atoms with E-state index in [-0.39, 0.29) is 17.0 Å². The van der Waals surface area contributed by atoms with Crippen LogP contribution in [-0.2, 0) is 11.3 Å². The number of hydrogen-bond donors (Lipinski definition) is 2. The van der Waals surface area contributed by atoms with E-state index < -0.39 is 16.7 Å². The SMILES string of the molecule is O=C(CSc1nnc(-c2cccnc2)n1Cc1ccccc1)NNC(=O)c1ccc([N+](=O)[O-])cc1. The number of hydrogen-bond acceptors (Lipinski definition) is 8. The molecule has 0 saturated heterocycles. The zero-order chi connectivity index (χ0) is 24.6. The maximum atomic E-state index is 12.3. The molecule has 0 bridgehead atoms. The molecule has 4 rings (SSSR count). The standard InChI is InChI=1S/C23H19N7O4S/c31-20(25-27-22(32)17-8-10-19(11-9-17)30(33)34)15-35-23-28-26-21(18-7-4-12-24-13-18)29(23)14-16-5-2-1-3-6-16/h1-13H,14-15H2,(H,25,31)(H,27,32). The van der Waals surface area contributed by atoms with Crippen LogP contribution in [0.25, 0.3) is 11.4 Å². The van der Waals surface area contributed by atoms with E-state index in [0.29, 0.717) is 17.5 Å². The van der Waals surface area contributed by atoms with Gasteiger partial charge in [0.2, 0.25) is 5.91 Å². The highest BCUT2D eigenvalue weighted by Crippen LogP contribution is 2.24. The fraction of sp³-hybridized carbons (Fsp3) is 0.0870. The van der Waals surface area contributed by atoms with Crippen molar-refractivity contribution in [2.75, 3.05) is 5.75 Å². The number of pyridine rings is 1. The molecule has 2 N–H and O–H groups in total. The summed E-state index contributed by atoms with van der Waals surface area (Å²) in [6.45, 7) is 0.499. The molecule has 4 aromatic rings. The average Bonchev–Trinajstić information content (AvgIpc) is 3.29. The van der Waals surface area contributed by atoms with E-state index in [1.807, 2.05) is 47.0 Å². The zero-order valence-electron chi connectivity index (χ0n) is 18.2. The Bertz CT molecular complexity index is 1330.